The fourth-order valence-electron chi connectivity index (χ4n) is 2.68. The SMILES string of the molecule is Cc1ccccc1-n1nc2c(c1NC(=O)C1CC1)CSC2. The molecule has 1 aliphatic heterocycles. The van der Waals surface area contributed by atoms with Gasteiger partial charge >= 0.3 is 0 Å². The molecule has 0 radical (unpaired) electrons. The van der Waals surface area contributed by atoms with Gasteiger partial charge in [0.1, 0.15) is 5.82 Å². The number of nitrogens with zero attached hydrogens (tertiary/aromatic N) is 2. The van der Waals surface area contributed by atoms with Crippen LogP contribution in [0.25, 0.3) is 5.69 Å². The molecule has 1 fully saturated rings. The summed E-state index contributed by atoms with van der Waals surface area (Å²) in [6.07, 6.45) is 2.03. The number of aromatic nitrogens is 2. The molecular formula is C16H17N3OS. The molecule has 1 aliphatic carbocycles. The van der Waals surface area contributed by atoms with Crippen LogP contribution >= 0.6 is 11.8 Å². The molecule has 108 valence electrons. The van der Waals surface area contributed by atoms with Crippen LogP contribution in [0.3, 0.4) is 0 Å². The summed E-state index contributed by atoms with van der Waals surface area (Å²) in [6.45, 7) is 2.07. The average molecular weight is 299 g/mol. The van der Waals surface area contributed by atoms with Crippen molar-refractivity contribution in [2.24, 2.45) is 5.92 Å². The third-order valence-electron chi connectivity index (χ3n) is 4.09. The van der Waals surface area contributed by atoms with Crippen LogP contribution in [0.1, 0.15) is 29.7 Å². The van der Waals surface area contributed by atoms with Crippen LogP contribution in [0.5, 0.6) is 0 Å². The van der Waals surface area contributed by atoms with Crippen LogP contribution in [0, 0.1) is 12.8 Å². The Balaban J connectivity index is 1.79. The Kier molecular flexibility index (Phi) is 3.03. The summed E-state index contributed by atoms with van der Waals surface area (Å²) in [4.78, 5) is 12.2. The van der Waals surface area contributed by atoms with Gasteiger partial charge in [0.2, 0.25) is 5.91 Å². The monoisotopic (exact) mass is 299 g/mol. The number of hydrogen-bond acceptors (Lipinski definition) is 3. The van der Waals surface area contributed by atoms with E-state index >= 15 is 0 Å². The number of para-hydroxylation sites is 1. The number of rotatable bonds is 3. The standard InChI is InChI=1S/C16H17N3OS/c1-10-4-2-3-5-14(10)19-15(17-16(20)11-6-7-11)12-8-21-9-13(12)18-19/h2-5,11H,6-9H2,1H3,(H,17,20). The first-order valence-corrected chi connectivity index (χ1v) is 8.45. The normalized spacial score (nSPS) is 16.8. The summed E-state index contributed by atoms with van der Waals surface area (Å²) in [5, 5.41) is 7.86. The summed E-state index contributed by atoms with van der Waals surface area (Å²) in [5.74, 6) is 3.09. The van der Waals surface area contributed by atoms with Crippen molar-refractivity contribution < 1.29 is 4.79 Å². The van der Waals surface area contributed by atoms with E-state index in [1.165, 1.54) is 5.56 Å². The summed E-state index contributed by atoms with van der Waals surface area (Å²) >= 11 is 1.86. The number of carbonyl (C=O) groups is 1. The summed E-state index contributed by atoms with van der Waals surface area (Å²) in [5.41, 5.74) is 4.50. The highest BCUT2D eigenvalue weighted by Crippen LogP contribution is 2.38. The molecule has 4 rings (SSSR count). The van der Waals surface area contributed by atoms with Gasteiger partial charge in [-0.25, -0.2) is 4.68 Å². The predicted molar refractivity (Wildman–Crippen MR) is 84.7 cm³/mol. The maximum atomic E-state index is 12.2. The molecule has 5 heteroatoms. The average Bonchev–Trinajstić information content (AvgIpc) is 3.14. The Hall–Kier alpha value is -1.75. The molecule has 1 N–H and O–H groups in total. The Morgan fingerprint density at radius 2 is 2.14 bits per heavy atom. The van der Waals surface area contributed by atoms with Crippen LogP contribution in [0.4, 0.5) is 5.82 Å². The smallest absolute Gasteiger partial charge is 0.228 e. The second-order valence-corrected chi connectivity index (χ2v) is 6.71. The highest BCUT2D eigenvalue weighted by molar-refractivity contribution is 7.98. The van der Waals surface area contributed by atoms with Gasteiger partial charge in [0.25, 0.3) is 0 Å². The minimum Gasteiger partial charge on any atom is -0.310 e. The number of aryl methyl sites for hydroxylation is 1. The van der Waals surface area contributed by atoms with Crippen molar-refractivity contribution in [2.75, 3.05) is 5.32 Å². The van der Waals surface area contributed by atoms with Crippen molar-refractivity contribution in [3.05, 3.63) is 41.1 Å². The van der Waals surface area contributed by atoms with E-state index in [9.17, 15) is 4.79 Å². The van der Waals surface area contributed by atoms with Crippen molar-refractivity contribution in [3.8, 4) is 5.69 Å². The second-order valence-electron chi connectivity index (χ2n) is 5.73. The molecule has 2 aliphatic rings. The fraction of sp³-hybridized carbons (Fsp3) is 0.375. The quantitative estimate of drug-likeness (QED) is 0.946. The Morgan fingerprint density at radius 3 is 2.90 bits per heavy atom. The lowest BCUT2D eigenvalue weighted by molar-refractivity contribution is -0.117. The van der Waals surface area contributed by atoms with Gasteiger partial charge in [-0.1, -0.05) is 18.2 Å². The zero-order chi connectivity index (χ0) is 14.4. The first-order valence-electron chi connectivity index (χ1n) is 7.29. The van der Waals surface area contributed by atoms with Gasteiger partial charge in [0.15, 0.2) is 0 Å². The van der Waals surface area contributed by atoms with Crippen molar-refractivity contribution >= 4 is 23.5 Å². The molecule has 21 heavy (non-hydrogen) atoms. The van der Waals surface area contributed by atoms with Gasteiger partial charge in [0, 0.05) is 23.0 Å². The molecular weight excluding hydrogens is 282 g/mol. The van der Waals surface area contributed by atoms with Crippen LogP contribution in [-0.4, -0.2) is 15.7 Å². The van der Waals surface area contributed by atoms with Gasteiger partial charge in [-0.2, -0.15) is 16.9 Å². The number of carbonyl (C=O) groups excluding carboxylic acids is 1. The second kappa shape index (κ2) is 4.91. The molecule has 0 atom stereocenters. The topological polar surface area (TPSA) is 46.9 Å². The zero-order valence-corrected chi connectivity index (χ0v) is 12.7. The highest BCUT2D eigenvalue weighted by Gasteiger charge is 2.32. The Bertz CT molecular complexity index is 718. The zero-order valence-electron chi connectivity index (χ0n) is 11.9. The molecule has 0 unspecified atom stereocenters. The molecule has 2 heterocycles. The van der Waals surface area contributed by atoms with Gasteiger partial charge in [-0.3, -0.25) is 4.79 Å². The third-order valence-corrected chi connectivity index (χ3v) is 5.06. The highest BCUT2D eigenvalue weighted by atomic mass is 32.2. The molecule has 1 aromatic heterocycles. The molecule has 0 saturated heterocycles. The number of benzene rings is 1. The minimum atomic E-state index is 0.143. The number of nitrogens with one attached hydrogen (secondary N) is 1. The van der Waals surface area contributed by atoms with E-state index in [4.69, 9.17) is 5.10 Å². The van der Waals surface area contributed by atoms with E-state index in [-0.39, 0.29) is 11.8 Å². The van der Waals surface area contributed by atoms with Gasteiger partial charge in [0.05, 0.1) is 11.4 Å². The van der Waals surface area contributed by atoms with E-state index in [1.807, 2.05) is 28.6 Å². The summed E-state index contributed by atoms with van der Waals surface area (Å²) < 4.78 is 1.92. The van der Waals surface area contributed by atoms with E-state index in [0.29, 0.717) is 0 Å². The lowest BCUT2D eigenvalue weighted by Crippen LogP contribution is -2.17. The number of thioether (sulfide) groups is 1. The number of hydrogen-bond donors (Lipinski definition) is 1. The van der Waals surface area contributed by atoms with Crippen molar-refractivity contribution in [3.63, 3.8) is 0 Å². The van der Waals surface area contributed by atoms with Gasteiger partial charge in [-0.05, 0) is 31.4 Å². The van der Waals surface area contributed by atoms with E-state index < -0.39 is 0 Å². The van der Waals surface area contributed by atoms with Crippen molar-refractivity contribution in [1.82, 2.24) is 9.78 Å². The van der Waals surface area contributed by atoms with Crippen molar-refractivity contribution in [1.29, 1.82) is 0 Å². The Labute approximate surface area is 127 Å². The lowest BCUT2D eigenvalue weighted by atomic mass is 10.2. The van der Waals surface area contributed by atoms with Gasteiger partial charge in [-0.15, -0.1) is 0 Å². The Morgan fingerprint density at radius 1 is 1.33 bits per heavy atom. The maximum absolute atomic E-state index is 12.2. The molecule has 1 amide bonds. The number of fused-ring (bicyclic) bond motifs is 1. The number of amides is 1. The van der Waals surface area contributed by atoms with Crippen LogP contribution in [0.2, 0.25) is 0 Å². The van der Waals surface area contributed by atoms with E-state index in [2.05, 4.69) is 24.4 Å². The van der Waals surface area contributed by atoms with Crippen molar-refractivity contribution in [2.45, 2.75) is 31.3 Å². The first-order chi connectivity index (χ1) is 10.2. The molecule has 4 nitrogen and oxygen atoms in total. The molecule has 0 spiro atoms. The summed E-state index contributed by atoms with van der Waals surface area (Å²) in [7, 11) is 0. The number of anilines is 1. The molecule has 0 bridgehead atoms. The van der Waals surface area contributed by atoms with Gasteiger partial charge < -0.3 is 5.32 Å². The molecule has 1 saturated carbocycles. The minimum absolute atomic E-state index is 0.143. The van der Waals surface area contributed by atoms with Crippen LogP contribution < -0.4 is 5.32 Å². The first kappa shape index (κ1) is 13.0. The molecule has 2 aromatic rings. The van der Waals surface area contributed by atoms with E-state index in [0.717, 1.165) is 47.1 Å². The largest absolute Gasteiger partial charge is 0.310 e. The molecule has 1 aromatic carbocycles. The van der Waals surface area contributed by atoms with E-state index in [1.54, 1.807) is 0 Å². The summed E-state index contributed by atoms with van der Waals surface area (Å²) in [6, 6.07) is 8.16. The predicted octanol–water partition coefficient (Wildman–Crippen LogP) is 3.28. The third kappa shape index (κ3) is 2.25. The van der Waals surface area contributed by atoms with Crippen LogP contribution in [-0.2, 0) is 16.3 Å². The fourth-order valence-corrected chi connectivity index (χ4v) is 3.72. The maximum Gasteiger partial charge on any atom is 0.228 e. The van der Waals surface area contributed by atoms with Crippen LogP contribution in [0.15, 0.2) is 24.3 Å². The lowest BCUT2D eigenvalue weighted by Gasteiger charge is -2.12.